The van der Waals surface area contributed by atoms with Gasteiger partial charge in [0.2, 0.25) is 0 Å². The number of benzene rings is 2. The fourth-order valence-corrected chi connectivity index (χ4v) is 2.99. The van der Waals surface area contributed by atoms with Crippen LogP contribution in [0.5, 0.6) is 0 Å². The lowest BCUT2D eigenvalue weighted by Crippen LogP contribution is -2.24. The van der Waals surface area contributed by atoms with E-state index in [2.05, 4.69) is 20.8 Å². The average Bonchev–Trinajstić information content (AvgIpc) is 3.02. The van der Waals surface area contributed by atoms with Gasteiger partial charge in [0.1, 0.15) is 12.1 Å². The van der Waals surface area contributed by atoms with E-state index in [0.717, 1.165) is 11.8 Å². The van der Waals surface area contributed by atoms with E-state index < -0.39 is 9.84 Å². The van der Waals surface area contributed by atoms with Gasteiger partial charge in [0.25, 0.3) is 5.91 Å². The van der Waals surface area contributed by atoms with Crippen molar-refractivity contribution in [3.8, 4) is 0 Å². The number of hydrogen-bond donors (Lipinski definition) is 1. The highest BCUT2D eigenvalue weighted by Crippen LogP contribution is 2.11. The molecule has 0 aliphatic rings. The minimum atomic E-state index is -3.24. The molecule has 134 valence electrons. The molecule has 0 aliphatic heterocycles. The van der Waals surface area contributed by atoms with Crippen molar-refractivity contribution in [2.24, 2.45) is 5.10 Å². The van der Waals surface area contributed by atoms with Crippen molar-refractivity contribution in [3.05, 3.63) is 54.1 Å². The first kappa shape index (κ1) is 17.7. The number of para-hydroxylation sites is 1. The van der Waals surface area contributed by atoms with Crippen molar-refractivity contribution in [2.45, 2.75) is 18.4 Å². The Bertz CT molecular complexity index is 1090. The minimum absolute atomic E-state index is 0.00961. The molecule has 9 heteroatoms. The van der Waals surface area contributed by atoms with Crippen molar-refractivity contribution in [2.75, 3.05) is 6.26 Å². The Kier molecular flexibility index (Phi) is 4.81. The van der Waals surface area contributed by atoms with Crippen molar-refractivity contribution < 1.29 is 13.2 Å². The molecule has 0 unspecified atom stereocenters. The fraction of sp³-hybridized carbons (Fsp3) is 0.176. The van der Waals surface area contributed by atoms with Crippen LogP contribution in [-0.2, 0) is 21.2 Å². The van der Waals surface area contributed by atoms with Crippen molar-refractivity contribution in [3.63, 3.8) is 0 Å². The second-order valence-corrected chi connectivity index (χ2v) is 7.78. The molecule has 0 atom stereocenters. The van der Waals surface area contributed by atoms with E-state index in [-0.39, 0.29) is 17.3 Å². The van der Waals surface area contributed by atoms with Crippen molar-refractivity contribution >= 4 is 32.5 Å². The normalized spacial score (nSPS) is 12.3. The minimum Gasteiger partial charge on any atom is -0.271 e. The third-order valence-corrected chi connectivity index (χ3v) is 4.89. The third kappa shape index (κ3) is 3.94. The van der Waals surface area contributed by atoms with Crippen LogP contribution in [0.3, 0.4) is 0 Å². The van der Waals surface area contributed by atoms with E-state index in [1.807, 2.05) is 24.3 Å². The number of nitrogens with one attached hydrogen (secondary N) is 1. The number of carbonyl (C=O) groups is 1. The van der Waals surface area contributed by atoms with Gasteiger partial charge >= 0.3 is 0 Å². The summed E-state index contributed by atoms with van der Waals surface area (Å²) in [5.41, 5.74) is 5.22. The SMILES string of the molecule is C/C(=N/NC(=O)Cn1nnc2ccccc21)c1ccc(S(C)(=O)=O)cc1. The van der Waals surface area contributed by atoms with E-state index in [1.54, 1.807) is 19.1 Å². The molecule has 2 aromatic carbocycles. The molecule has 0 radical (unpaired) electrons. The first-order valence-corrected chi connectivity index (χ1v) is 9.65. The highest BCUT2D eigenvalue weighted by molar-refractivity contribution is 7.90. The molecular formula is C17H17N5O3S. The zero-order chi connectivity index (χ0) is 18.7. The van der Waals surface area contributed by atoms with Gasteiger partial charge < -0.3 is 0 Å². The Morgan fingerprint density at radius 1 is 1.15 bits per heavy atom. The number of amides is 1. The second kappa shape index (κ2) is 7.04. The molecule has 1 N–H and O–H groups in total. The number of fused-ring (bicyclic) bond motifs is 1. The van der Waals surface area contributed by atoms with Crippen LogP contribution in [0.25, 0.3) is 11.0 Å². The Morgan fingerprint density at radius 2 is 1.85 bits per heavy atom. The van der Waals surface area contributed by atoms with Crippen LogP contribution in [-0.4, -0.2) is 41.3 Å². The quantitative estimate of drug-likeness (QED) is 0.539. The number of carbonyl (C=O) groups excluding carboxylic acids is 1. The molecule has 8 nitrogen and oxygen atoms in total. The van der Waals surface area contributed by atoms with Crippen molar-refractivity contribution in [1.29, 1.82) is 0 Å². The van der Waals surface area contributed by atoms with Gasteiger partial charge in [-0.2, -0.15) is 5.10 Å². The maximum Gasteiger partial charge on any atom is 0.261 e. The number of aromatic nitrogens is 3. The summed E-state index contributed by atoms with van der Waals surface area (Å²) in [5.74, 6) is -0.340. The molecule has 26 heavy (non-hydrogen) atoms. The van der Waals surface area contributed by atoms with E-state index >= 15 is 0 Å². The summed E-state index contributed by atoms with van der Waals surface area (Å²) in [6.07, 6.45) is 1.15. The molecule has 3 aromatic rings. The number of rotatable bonds is 5. The molecule has 0 aliphatic carbocycles. The van der Waals surface area contributed by atoms with Gasteiger partial charge in [-0.1, -0.05) is 29.5 Å². The van der Waals surface area contributed by atoms with Gasteiger partial charge in [0, 0.05) is 6.26 Å². The lowest BCUT2D eigenvalue weighted by atomic mass is 10.1. The Balaban J connectivity index is 1.67. The highest BCUT2D eigenvalue weighted by Gasteiger charge is 2.09. The van der Waals surface area contributed by atoms with E-state index in [9.17, 15) is 13.2 Å². The van der Waals surface area contributed by atoms with Gasteiger partial charge in [0.05, 0.1) is 16.1 Å². The standard InChI is InChI=1S/C17H17N5O3S/c1-12(13-7-9-14(10-8-13)26(2,24)25)18-20-17(23)11-22-16-6-4-3-5-15(16)19-21-22/h3-10H,11H2,1-2H3,(H,20,23)/b18-12-. The van der Waals surface area contributed by atoms with E-state index in [4.69, 9.17) is 0 Å². The van der Waals surface area contributed by atoms with Crippen LogP contribution in [0.1, 0.15) is 12.5 Å². The van der Waals surface area contributed by atoms with Crippen LogP contribution in [0.15, 0.2) is 58.5 Å². The van der Waals surface area contributed by atoms with E-state index in [0.29, 0.717) is 16.8 Å². The summed E-state index contributed by atoms with van der Waals surface area (Å²) in [7, 11) is -3.24. The molecule has 0 saturated heterocycles. The van der Waals surface area contributed by atoms with Gasteiger partial charge in [-0.15, -0.1) is 5.10 Å². The Labute approximate surface area is 150 Å². The van der Waals surface area contributed by atoms with Crippen LogP contribution in [0.4, 0.5) is 0 Å². The monoisotopic (exact) mass is 371 g/mol. The predicted octanol–water partition coefficient (Wildman–Crippen LogP) is 1.38. The lowest BCUT2D eigenvalue weighted by molar-refractivity contribution is -0.121. The first-order valence-electron chi connectivity index (χ1n) is 7.76. The highest BCUT2D eigenvalue weighted by atomic mass is 32.2. The van der Waals surface area contributed by atoms with Crippen LogP contribution < -0.4 is 5.43 Å². The molecule has 0 saturated carbocycles. The zero-order valence-electron chi connectivity index (χ0n) is 14.2. The number of hydrogen-bond acceptors (Lipinski definition) is 6. The molecule has 1 heterocycles. The third-order valence-electron chi connectivity index (χ3n) is 3.76. The summed E-state index contributed by atoms with van der Waals surface area (Å²) >= 11 is 0. The molecular weight excluding hydrogens is 354 g/mol. The zero-order valence-corrected chi connectivity index (χ0v) is 15.1. The maximum atomic E-state index is 12.1. The summed E-state index contributed by atoms with van der Waals surface area (Å²) < 4.78 is 24.4. The summed E-state index contributed by atoms with van der Waals surface area (Å²) in [5, 5.41) is 12.0. The Hall–Kier alpha value is -3.07. The predicted molar refractivity (Wildman–Crippen MR) is 97.4 cm³/mol. The average molecular weight is 371 g/mol. The lowest BCUT2D eigenvalue weighted by Gasteiger charge is -2.05. The van der Waals surface area contributed by atoms with Gasteiger partial charge in [0.15, 0.2) is 9.84 Å². The number of sulfone groups is 1. The molecule has 1 amide bonds. The number of hydrazone groups is 1. The molecule has 0 bridgehead atoms. The smallest absolute Gasteiger partial charge is 0.261 e. The molecule has 3 rings (SSSR count). The van der Waals surface area contributed by atoms with E-state index in [1.165, 1.54) is 16.8 Å². The van der Waals surface area contributed by atoms with Gasteiger partial charge in [-0.05, 0) is 36.8 Å². The van der Waals surface area contributed by atoms with Gasteiger partial charge in [-0.25, -0.2) is 18.5 Å². The summed E-state index contributed by atoms with van der Waals surface area (Å²) in [4.78, 5) is 12.3. The van der Waals surface area contributed by atoms with Crippen LogP contribution in [0.2, 0.25) is 0 Å². The van der Waals surface area contributed by atoms with Gasteiger partial charge in [-0.3, -0.25) is 4.79 Å². The molecule has 0 spiro atoms. The Morgan fingerprint density at radius 3 is 2.54 bits per heavy atom. The molecule has 1 aromatic heterocycles. The number of nitrogens with zero attached hydrogens (tertiary/aromatic N) is 4. The topological polar surface area (TPSA) is 106 Å². The first-order chi connectivity index (χ1) is 12.3. The summed E-state index contributed by atoms with van der Waals surface area (Å²) in [6.45, 7) is 1.71. The molecule has 0 fully saturated rings. The fourth-order valence-electron chi connectivity index (χ4n) is 2.36. The second-order valence-electron chi connectivity index (χ2n) is 5.76. The largest absolute Gasteiger partial charge is 0.271 e. The van der Waals surface area contributed by atoms with Crippen LogP contribution >= 0.6 is 0 Å². The maximum absolute atomic E-state index is 12.1. The van der Waals surface area contributed by atoms with Crippen molar-refractivity contribution in [1.82, 2.24) is 20.4 Å². The summed E-state index contributed by atoms with van der Waals surface area (Å²) in [6, 6.07) is 13.7. The van der Waals surface area contributed by atoms with Crippen LogP contribution in [0, 0.1) is 0 Å².